The molecule has 0 bridgehead atoms. The molecular formula is C20H36O3. The highest BCUT2D eigenvalue weighted by atomic mass is 16.7. The SMILES string of the molecule is C/C=C/[C@@H](C)[C@@H](C)C[C@]1(O)C[C@H](C)[C@@H]2C[C@H](CC)[C@H](C)O[C@@H]2O1. The molecule has 2 saturated heterocycles. The van der Waals surface area contributed by atoms with Crippen molar-refractivity contribution in [2.24, 2.45) is 29.6 Å². The van der Waals surface area contributed by atoms with Crippen molar-refractivity contribution in [3.8, 4) is 0 Å². The molecule has 2 aliphatic heterocycles. The lowest BCUT2D eigenvalue weighted by Gasteiger charge is -2.51. The average molecular weight is 325 g/mol. The minimum absolute atomic E-state index is 0.218. The van der Waals surface area contributed by atoms with Crippen LogP contribution in [0.25, 0.3) is 0 Å². The van der Waals surface area contributed by atoms with Crippen molar-refractivity contribution in [2.75, 3.05) is 0 Å². The van der Waals surface area contributed by atoms with Crippen LogP contribution in [0.1, 0.15) is 67.2 Å². The van der Waals surface area contributed by atoms with Crippen LogP contribution in [0.4, 0.5) is 0 Å². The van der Waals surface area contributed by atoms with E-state index in [-0.39, 0.29) is 12.4 Å². The van der Waals surface area contributed by atoms with Crippen LogP contribution < -0.4 is 0 Å². The maximum absolute atomic E-state index is 11.1. The fourth-order valence-electron chi connectivity index (χ4n) is 4.42. The molecule has 2 fully saturated rings. The molecule has 8 atom stereocenters. The van der Waals surface area contributed by atoms with Gasteiger partial charge in [-0.25, -0.2) is 0 Å². The molecule has 2 rings (SSSR count). The van der Waals surface area contributed by atoms with Crippen LogP contribution in [0.15, 0.2) is 12.2 Å². The molecule has 3 nitrogen and oxygen atoms in total. The average Bonchev–Trinajstić information content (AvgIpc) is 2.46. The minimum atomic E-state index is -1.05. The van der Waals surface area contributed by atoms with E-state index in [2.05, 4.69) is 46.8 Å². The van der Waals surface area contributed by atoms with E-state index in [0.29, 0.717) is 36.0 Å². The van der Waals surface area contributed by atoms with E-state index in [9.17, 15) is 5.11 Å². The Morgan fingerprint density at radius 1 is 1.30 bits per heavy atom. The lowest BCUT2D eigenvalue weighted by molar-refractivity contribution is -0.369. The van der Waals surface area contributed by atoms with Crippen molar-refractivity contribution in [1.82, 2.24) is 0 Å². The highest BCUT2D eigenvalue weighted by molar-refractivity contribution is 4.92. The van der Waals surface area contributed by atoms with Gasteiger partial charge >= 0.3 is 0 Å². The second kappa shape index (κ2) is 7.67. The standard InChI is InChI=1S/C20H36O3/c1-7-9-13(3)14(4)11-20(21)12-15(5)18-10-17(8-2)16(6)22-19(18)23-20/h7,9,13-19,21H,8,10-12H2,1-6H3/b9-7+/t13-,14+,15+,16+,17+,18+,19-,20-/m1/s1. The summed E-state index contributed by atoms with van der Waals surface area (Å²) in [6.07, 6.45) is 7.96. The van der Waals surface area contributed by atoms with Crippen molar-refractivity contribution in [2.45, 2.75) is 85.4 Å². The molecule has 1 N–H and O–H groups in total. The Balaban J connectivity index is 2.04. The molecule has 0 saturated carbocycles. The molecule has 0 aromatic heterocycles. The van der Waals surface area contributed by atoms with Gasteiger partial charge in [-0.2, -0.15) is 0 Å². The second-order valence-electron chi connectivity index (χ2n) is 8.09. The lowest BCUT2D eigenvalue weighted by Crippen LogP contribution is -2.54. The van der Waals surface area contributed by atoms with Crippen LogP contribution in [0.3, 0.4) is 0 Å². The smallest absolute Gasteiger partial charge is 0.169 e. The van der Waals surface area contributed by atoms with Crippen LogP contribution in [-0.2, 0) is 9.47 Å². The van der Waals surface area contributed by atoms with Crippen LogP contribution in [0.2, 0.25) is 0 Å². The van der Waals surface area contributed by atoms with Crippen molar-refractivity contribution in [1.29, 1.82) is 0 Å². The van der Waals surface area contributed by atoms with Crippen molar-refractivity contribution < 1.29 is 14.6 Å². The summed E-state index contributed by atoms with van der Waals surface area (Å²) >= 11 is 0. The molecule has 2 aliphatic rings. The van der Waals surface area contributed by atoms with Gasteiger partial charge in [0.05, 0.1) is 6.10 Å². The first kappa shape index (κ1) is 19.0. The van der Waals surface area contributed by atoms with E-state index in [0.717, 1.165) is 19.3 Å². The predicted octanol–water partition coefficient (Wildman–Crippen LogP) is 4.75. The van der Waals surface area contributed by atoms with Crippen molar-refractivity contribution >= 4 is 0 Å². The van der Waals surface area contributed by atoms with E-state index in [4.69, 9.17) is 9.47 Å². The van der Waals surface area contributed by atoms with E-state index < -0.39 is 5.79 Å². The molecule has 0 aliphatic carbocycles. The molecule has 134 valence electrons. The van der Waals surface area contributed by atoms with Crippen LogP contribution in [0.5, 0.6) is 0 Å². The Morgan fingerprint density at radius 2 is 2.00 bits per heavy atom. The summed E-state index contributed by atoms with van der Waals surface area (Å²) in [5, 5.41) is 11.1. The van der Waals surface area contributed by atoms with Gasteiger partial charge in [0.2, 0.25) is 0 Å². The quantitative estimate of drug-likeness (QED) is 0.742. The molecule has 0 spiro atoms. The summed E-state index contributed by atoms with van der Waals surface area (Å²) in [4.78, 5) is 0. The molecule has 0 aromatic rings. The van der Waals surface area contributed by atoms with Gasteiger partial charge in [-0.3, -0.25) is 0 Å². The fraction of sp³-hybridized carbons (Fsp3) is 0.900. The summed E-state index contributed by atoms with van der Waals surface area (Å²) in [6.45, 7) is 13.1. The molecule has 23 heavy (non-hydrogen) atoms. The van der Waals surface area contributed by atoms with Gasteiger partial charge in [0.1, 0.15) is 0 Å². The maximum atomic E-state index is 11.1. The summed E-state index contributed by atoms with van der Waals surface area (Å²) in [7, 11) is 0. The fourth-order valence-corrected chi connectivity index (χ4v) is 4.42. The number of rotatable bonds is 5. The van der Waals surface area contributed by atoms with Crippen molar-refractivity contribution in [3.05, 3.63) is 12.2 Å². The van der Waals surface area contributed by atoms with Crippen LogP contribution in [-0.4, -0.2) is 23.3 Å². The Hall–Kier alpha value is -0.380. The van der Waals surface area contributed by atoms with Gasteiger partial charge in [-0.1, -0.05) is 46.3 Å². The maximum Gasteiger partial charge on any atom is 0.169 e. The molecule has 3 heteroatoms. The van der Waals surface area contributed by atoms with E-state index >= 15 is 0 Å². The van der Waals surface area contributed by atoms with Gasteiger partial charge in [0.25, 0.3) is 0 Å². The number of aliphatic hydroxyl groups is 1. The Labute approximate surface area is 142 Å². The predicted molar refractivity (Wildman–Crippen MR) is 93.8 cm³/mol. The second-order valence-corrected chi connectivity index (χ2v) is 8.09. The topological polar surface area (TPSA) is 38.7 Å². The largest absolute Gasteiger partial charge is 0.365 e. The van der Waals surface area contributed by atoms with Gasteiger partial charge < -0.3 is 14.6 Å². The molecule has 0 aromatic carbocycles. The monoisotopic (exact) mass is 324 g/mol. The summed E-state index contributed by atoms with van der Waals surface area (Å²) in [6, 6.07) is 0. The number of ether oxygens (including phenoxy) is 2. The molecule has 0 radical (unpaired) electrons. The zero-order valence-corrected chi connectivity index (χ0v) is 15.8. The van der Waals surface area contributed by atoms with Crippen LogP contribution in [0, 0.1) is 29.6 Å². The number of hydrogen-bond donors (Lipinski definition) is 1. The minimum Gasteiger partial charge on any atom is -0.365 e. The summed E-state index contributed by atoms with van der Waals surface area (Å²) in [5.41, 5.74) is 0. The number of hydrogen-bond acceptors (Lipinski definition) is 3. The summed E-state index contributed by atoms with van der Waals surface area (Å²) in [5.74, 6) is 1.24. The first-order valence-electron chi connectivity index (χ1n) is 9.48. The Kier molecular flexibility index (Phi) is 6.32. The Morgan fingerprint density at radius 3 is 2.61 bits per heavy atom. The zero-order valence-electron chi connectivity index (χ0n) is 15.8. The van der Waals surface area contributed by atoms with Gasteiger partial charge in [0, 0.05) is 18.8 Å². The van der Waals surface area contributed by atoms with E-state index in [1.807, 2.05) is 6.92 Å². The normalized spacial score (nSPS) is 44.0. The van der Waals surface area contributed by atoms with Crippen molar-refractivity contribution in [3.63, 3.8) is 0 Å². The molecule has 0 unspecified atom stereocenters. The highest BCUT2D eigenvalue weighted by Crippen LogP contribution is 2.46. The van der Waals surface area contributed by atoms with E-state index in [1.54, 1.807) is 0 Å². The van der Waals surface area contributed by atoms with Gasteiger partial charge in [-0.15, -0.1) is 0 Å². The number of fused-ring (bicyclic) bond motifs is 1. The van der Waals surface area contributed by atoms with Gasteiger partial charge in [0.15, 0.2) is 12.1 Å². The highest BCUT2D eigenvalue weighted by Gasteiger charge is 2.49. The molecule has 0 amide bonds. The molecule has 2 heterocycles. The van der Waals surface area contributed by atoms with Gasteiger partial charge in [-0.05, 0) is 43.9 Å². The first-order valence-corrected chi connectivity index (χ1v) is 9.48. The zero-order chi connectivity index (χ0) is 17.2. The number of allylic oxidation sites excluding steroid dienone is 2. The first-order chi connectivity index (χ1) is 10.8. The third-order valence-electron chi connectivity index (χ3n) is 6.20. The Bertz CT molecular complexity index is 408. The lowest BCUT2D eigenvalue weighted by atomic mass is 9.74. The van der Waals surface area contributed by atoms with E-state index in [1.165, 1.54) is 0 Å². The third-order valence-corrected chi connectivity index (χ3v) is 6.20. The van der Waals surface area contributed by atoms with Crippen LogP contribution >= 0.6 is 0 Å². The third kappa shape index (κ3) is 4.37. The molecular weight excluding hydrogens is 288 g/mol. The summed E-state index contributed by atoms with van der Waals surface area (Å²) < 4.78 is 12.3.